The second-order valence-electron chi connectivity index (χ2n) is 4.76. The van der Waals surface area contributed by atoms with Crippen LogP contribution in [0.1, 0.15) is 36.4 Å². The van der Waals surface area contributed by atoms with Crippen LogP contribution in [-0.4, -0.2) is 11.1 Å². The van der Waals surface area contributed by atoms with Crippen LogP contribution in [-0.2, 0) is 0 Å². The van der Waals surface area contributed by atoms with E-state index in [1.54, 1.807) is 31.2 Å². The molecule has 0 aliphatic carbocycles. The number of aliphatic hydroxyl groups excluding tert-OH is 1. The smallest absolute Gasteiger partial charge is 0.319 e. The van der Waals surface area contributed by atoms with Gasteiger partial charge in [-0.05, 0) is 43.7 Å². The second-order valence-corrected chi connectivity index (χ2v) is 6.51. The normalized spacial score (nSPS) is 13.5. The molecule has 3 N–H and O–H groups in total. The van der Waals surface area contributed by atoms with E-state index in [0.717, 1.165) is 10.4 Å². The highest BCUT2D eigenvalue weighted by molar-refractivity contribution is 7.16. The molecule has 2 atom stereocenters. The van der Waals surface area contributed by atoms with Crippen LogP contribution in [0.25, 0.3) is 0 Å². The number of rotatable bonds is 4. The van der Waals surface area contributed by atoms with Gasteiger partial charge >= 0.3 is 6.03 Å². The molecule has 0 bridgehead atoms. The summed E-state index contributed by atoms with van der Waals surface area (Å²) in [4.78, 5) is 12.9. The summed E-state index contributed by atoms with van der Waals surface area (Å²) >= 11 is 7.33. The fourth-order valence-corrected chi connectivity index (χ4v) is 2.90. The molecule has 2 rings (SSSR count). The Hall–Kier alpha value is -1.56. The van der Waals surface area contributed by atoms with Gasteiger partial charge in [0.15, 0.2) is 0 Å². The maximum Gasteiger partial charge on any atom is 0.319 e. The summed E-state index contributed by atoms with van der Waals surface area (Å²) in [5.74, 6) is 0. The summed E-state index contributed by atoms with van der Waals surface area (Å²) in [6.45, 7) is 3.60. The third-order valence-electron chi connectivity index (χ3n) is 3.02. The number of hydrogen-bond donors (Lipinski definition) is 3. The van der Waals surface area contributed by atoms with Crippen LogP contribution in [0, 0.1) is 0 Å². The standard InChI is InChI=1S/C15H17ClN2O2S/c1-9(13-7-8-14(16)21-13)17-15(20)18-12-5-3-11(4-6-12)10(2)19/h3-10,19H,1-2H3,(H2,17,18,20). The van der Waals surface area contributed by atoms with Crippen molar-refractivity contribution < 1.29 is 9.90 Å². The summed E-state index contributed by atoms with van der Waals surface area (Å²) in [6, 6.07) is 10.4. The number of thiophene rings is 1. The van der Waals surface area contributed by atoms with Crippen molar-refractivity contribution >= 4 is 34.7 Å². The number of halogens is 1. The number of carbonyl (C=O) groups excluding carboxylic acids is 1. The quantitative estimate of drug-likeness (QED) is 0.783. The van der Waals surface area contributed by atoms with Crippen LogP contribution in [0.3, 0.4) is 0 Å². The molecule has 0 radical (unpaired) electrons. The first-order valence-electron chi connectivity index (χ1n) is 6.56. The van der Waals surface area contributed by atoms with Crippen LogP contribution < -0.4 is 10.6 Å². The molecule has 0 aliphatic heterocycles. The second kappa shape index (κ2) is 6.93. The van der Waals surface area contributed by atoms with Gasteiger partial charge in [-0.25, -0.2) is 4.79 Å². The van der Waals surface area contributed by atoms with E-state index in [0.29, 0.717) is 10.0 Å². The van der Waals surface area contributed by atoms with Crippen LogP contribution in [0.5, 0.6) is 0 Å². The van der Waals surface area contributed by atoms with Gasteiger partial charge in [-0.2, -0.15) is 0 Å². The molecular weight excluding hydrogens is 308 g/mol. The third-order valence-corrected chi connectivity index (χ3v) is 4.43. The van der Waals surface area contributed by atoms with Gasteiger partial charge in [0.25, 0.3) is 0 Å². The van der Waals surface area contributed by atoms with Crippen molar-refractivity contribution in [1.82, 2.24) is 5.32 Å². The third kappa shape index (κ3) is 4.46. The van der Waals surface area contributed by atoms with Gasteiger partial charge in [-0.3, -0.25) is 0 Å². The van der Waals surface area contributed by atoms with Gasteiger partial charge < -0.3 is 15.7 Å². The van der Waals surface area contributed by atoms with Crippen LogP contribution in [0.15, 0.2) is 36.4 Å². The van der Waals surface area contributed by atoms with E-state index in [9.17, 15) is 9.90 Å². The minimum absolute atomic E-state index is 0.112. The average molecular weight is 325 g/mol. The molecule has 0 saturated carbocycles. The van der Waals surface area contributed by atoms with Crippen molar-refractivity contribution in [3.63, 3.8) is 0 Å². The molecule has 0 aliphatic rings. The van der Waals surface area contributed by atoms with Crippen LogP contribution in [0.2, 0.25) is 4.34 Å². The Kier molecular flexibility index (Phi) is 5.22. The summed E-state index contributed by atoms with van der Waals surface area (Å²) in [5.41, 5.74) is 1.48. The zero-order valence-electron chi connectivity index (χ0n) is 11.8. The monoisotopic (exact) mass is 324 g/mol. The zero-order valence-corrected chi connectivity index (χ0v) is 13.3. The van der Waals surface area contributed by atoms with E-state index in [1.807, 2.05) is 19.1 Å². The number of urea groups is 1. The number of amides is 2. The van der Waals surface area contributed by atoms with E-state index < -0.39 is 6.10 Å². The Bertz CT molecular complexity index is 610. The Morgan fingerprint density at radius 2 is 1.86 bits per heavy atom. The molecule has 6 heteroatoms. The molecule has 0 saturated heterocycles. The summed E-state index contributed by atoms with van der Waals surface area (Å²) in [6.07, 6.45) is -0.517. The molecule has 0 spiro atoms. The highest BCUT2D eigenvalue weighted by atomic mass is 35.5. The van der Waals surface area contributed by atoms with Crippen LogP contribution >= 0.6 is 22.9 Å². The Labute approximate surface area is 132 Å². The first-order valence-corrected chi connectivity index (χ1v) is 7.76. The van der Waals surface area contributed by atoms with Crippen molar-refractivity contribution in [1.29, 1.82) is 0 Å². The lowest BCUT2D eigenvalue weighted by Crippen LogP contribution is -2.30. The molecule has 2 unspecified atom stereocenters. The van der Waals surface area contributed by atoms with E-state index >= 15 is 0 Å². The van der Waals surface area contributed by atoms with Gasteiger partial charge in [0.1, 0.15) is 0 Å². The molecule has 4 nitrogen and oxygen atoms in total. The predicted octanol–water partition coefficient (Wildman–Crippen LogP) is 4.34. The molecular formula is C15H17ClN2O2S. The lowest BCUT2D eigenvalue weighted by molar-refractivity contribution is 0.199. The van der Waals surface area contributed by atoms with E-state index in [-0.39, 0.29) is 12.1 Å². The predicted molar refractivity (Wildman–Crippen MR) is 87.0 cm³/mol. The fourth-order valence-electron chi connectivity index (χ4n) is 1.84. The summed E-state index contributed by atoms with van der Waals surface area (Å²) in [5, 5.41) is 15.0. The Morgan fingerprint density at radius 1 is 1.19 bits per heavy atom. The molecule has 2 amide bonds. The maximum absolute atomic E-state index is 11.9. The Balaban J connectivity index is 1.92. The van der Waals surface area contributed by atoms with E-state index in [1.165, 1.54) is 11.3 Å². The zero-order chi connectivity index (χ0) is 15.4. The van der Waals surface area contributed by atoms with Crippen LogP contribution in [0.4, 0.5) is 10.5 Å². The van der Waals surface area contributed by atoms with Gasteiger partial charge in [-0.1, -0.05) is 23.7 Å². The van der Waals surface area contributed by atoms with Crippen molar-refractivity contribution in [3.8, 4) is 0 Å². The summed E-state index contributed by atoms with van der Waals surface area (Å²) < 4.78 is 0.702. The van der Waals surface area contributed by atoms with E-state index in [4.69, 9.17) is 11.6 Å². The average Bonchev–Trinajstić information content (AvgIpc) is 2.86. The van der Waals surface area contributed by atoms with Gasteiger partial charge in [0.2, 0.25) is 0 Å². The van der Waals surface area contributed by atoms with Gasteiger partial charge in [0, 0.05) is 10.6 Å². The van der Waals surface area contributed by atoms with E-state index in [2.05, 4.69) is 10.6 Å². The van der Waals surface area contributed by atoms with Gasteiger partial charge in [-0.15, -0.1) is 11.3 Å². The number of carbonyl (C=O) groups is 1. The summed E-state index contributed by atoms with van der Waals surface area (Å²) in [7, 11) is 0. The minimum atomic E-state index is -0.517. The lowest BCUT2D eigenvalue weighted by Gasteiger charge is -2.13. The molecule has 0 fully saturated rings. The molecule has 1 aromatic carbocycles. The fraction of sp³-hybridized carbons (Fsp3) is 0.267. The number of aliphatic hydroxyl groups is 1. The maximum atomic E-state index is 11.9. The topological polar surface area (TPSA) is 61.4 Å². The SMILES string of the molecule is CC(O)c1ccc(NC(=O)NC(C)c2ccc(Cl)s2)cc1. The molecule has 1 heterocycles. The largest absolute Gasteiger partial charge is 0.389 e. The lowest BCUT2D eigenvalue weighted by atomic mass is 10.1. The van der Waals surface area contributed by atoms with Crippen molar-refractivity contribution in [3.05, 3.63) is 51.2 Å². The van der Waals surface area contributed by atoms with Crippen molar-refractivity contribution in [2.24, 2.45) is 0 Å². The Morgan fingerprint density at radius 3 is 2.38 bits per heavy atom. The molecule has 2 aromatic rings. The number of benzene rings is 1. The van der Waals surface area contributed by atoms with Gasteiger partial charge in [0.05, 0.1) is 16.5 Å². The molecule has 112 valence electrons. The highest BCUT2D eigenvalue weighted by Gasteiger charge is 2.11. The first kappa shape index (κ1) is 15.8. The van der Waals surface area contributed by atoms with Crippen molar-refractivity contribution in [2.45, 2.75) is 26.0 Å². The van der Waals surface area contributed by atoms with Crippen molar-refractivity contribution in [2.75, 3.05) is 5.32 Å². The highest BCUT2D eigenvalue weighted by Crippen LogP contribution is 2.26. The first-order chi connectivity index (χ1) is 9.95. The molecule has 1 aromatic heterocycles. The molecule has 21 heavy (non-hydrogen) atoms. The number of hydrogen-bond acceptors (Lipinski definition) is 3. The number of anilines is 1. The number of nitrogens with one attached hydrogen (secondary N) is 2. The minimum Gasteiger partial charge on any atom is -0.389 e.